The Hall–Kier alpha value is -3.27. The van der Waals surface area contributed by atoms with Crippen LogP contribution in [0.3, 0.4) is 0 Å². The lowest BCUT2D eigenvalue weighted by Gasteiger charge is -2.35. The molecule has 10 nitrogen and oxygen atoms in total. The maximum atomic E-state index is 13.4. The molecule has 1 aliphatic heterocycles. The number of hydrogen-bond acceptors (Lipinski definition) is 7. The number of carbonyl (C=O) groups is 2. The number of amides is 2. The third-order valence-corrected chi connectivity index (χ3v) is 5.72. The fourth-order valence-electron chi connectivity index (χ4n) is 4.44. The van der Waals surface area contributed by atoms with Crippen LogP contribution < -0.4 is 21.5 Å². The van der Waals surface area contributed by atoms with Crippen molar-refractivity contribution in [1.29, 1.82) is 0 Å². The monoisotopic (exact) mass is 425 g/mol. The first-order valence-electron chi connectivity index (χ1n) is 10.4. The zero-order valence-corrected chi connectivity index (χ0v) is 18.0. The summed E-state index contributed by atoms with van der Waals surface area (Å²) in [6, 6.07) is 3.24. The van der Waals surface area contributed by atoms with E-state index < -0.39 is 5.66 Å². The van der Waals surface area contributed by atoms with Gasteiger partial charge in [-0.1, -0.05) is 6.42 Å². The van der Waals surface area contributed by atoms with Crippen LogP contribution in [0.4, 0.5) is 17.3 Å². The number of pyridine rings is 1. The van der Waals surface area contributed by atoms with Crippen LogP contribution in [-0.2, 0) is 10.5 Å². The molecule has 10 heteroatoms. The van der Waals surface area contributed by atoms with E-state index in [2.05, 4.69) is 25.9 Å². The summed E-state index contributed by atoms with van der Waals surface area (Å²) in [7, 11) is 3.60. The van der Waals surface area contributed by atoms with Crippen LogP contribution in [-0.4, -0.2) is 51.9 Å². The average Bonchev–Trinajstić information content (AvgIpc) is 2.98. The lowest BCUT2D eigenvalue weighted by Crippen LogP contribution is -2.48. The molecule has 0 bridgehead atoms. The molecule has 1 fully saturated rings. The number of carbonyl (C=O) groups excluding carboxylic acids is 2. The largest absolute Gasteiger partial charge is 0.336 e. The van der Waals surface area contributed by atoms with Gasteiger partial charge in [-0.25, -0.2) is 9.97 Å². The van der Waals surface area contributed by atoms with Crippen molar-refractivity contribution in [2.75, 3.05) is 31.3 Å². The quantitative estimate of drug-likeness (QED) is 0.664. The first kappa shape index (κ1) is 21.0. The van der Waals surface area contributed by atoms with Gasteiger partial charge in [0.2, 0.25) is 5.91 Å². The SMILES string of the molecule is Cc1cc(Nc2cc(NC(=O)CN(C)C)ncn2)c(=O)n2c1C(=O)NC21CCCCC1. The Bertz CT molecular complexity index is 1090. The first-order valence-corrected chi connectivity index (χ1v) is 10.4. The summed E-state index contributed by atoms with van der Waals surface area (Å²) in [5.41, 5.74) is 0.554. The normalized spacial score (nSPS) is 16.8. The summed E-state index contributed by atoms with van der Waals surface area (Å²) >= 11 is 0. The summed E-state index contributed by atoms with van der Waals surface area (Å²) in [4.78, 5) is 48.0. The van der Waals surface area contributed by atoms with Gasteiger partial charge in [0.15, 0.2) is 0 Å². The van der Waals surface area contributed by atoms with Gasteiger partial charge in [-0.05, 0) is 58.3 Å². The summed E-state index contributed by atoms with van der Waals surface area (Å²) in [5, 5.41) is 8.83. The second-order valence-corrected chi connectivity index (χ2v) is 8.48. The van der Waals surface area contributed by atoms with Crippen LogP contribution in [0.15, 0.2) is 23.3 Å². The topological polar surface area (TPSA) is 121 Å². The first-order chi connectivity index (χ1) is 14.8. The maximum Gasteiger partial charge on any atom is 0.276 e. The van der Waals surface area contributed by atoms with E-state index in [0.717, 1.165) is 37.7 Å². The van der Waals surface area contributed by atoms with Gasteiger partial charge in [0.1, 0.15) is 35.0 Å². The summed E-state index contributed by atoms with van der Waals surface area (Å²) in [6.07, 6.45) is 5.82. The Morgan fingerprint density at radius 1 is 1.16 bits per heavy atom. The minimum Gasteiger partial charge on any atom is -0.336 e. The number of aryl methyl sites for hydroxylation is 1. The number of aromatic nitrogens is 3. The highest BCUT2D eigenvalue weighted by Crippen LogP contribution is 2.37. The van der Waals surface area contributed by atoms with Crippen LogP contribution in [0.25, 0.3) is 0 Å². The molecular weight excluding hydrogens is 398 g/mol. The van der Waals surface area contributed by atoms with E-state index in [1.807, 2.05) is 6.92 Å². The fraction of sp³-hybridized carbons (Fsp3) is 0.476. The summed E-state index contributed by atoms with van der Waals surface area (Å²) in [5.74, 6) is 0.313. The third kappa shape index (κ3) is 4.02. The molecule has 1 spiro atoms. The zero-order chi connectivity index (χ0) is 22.2. The molecule has 0 unspecified atom stereocenters. The Morgan fingerprint density at radius 3 is 2.58 bits per heavy atom. The van der Waals surface area contributed by atoms with Crippen LogP contribution >= 0.6 is 0 Å². The van der Waals surface area contributed by atoms with Gasteiger partial charge in [0.05, 0.1) is 6.54 Å². The number of rotatable bonds is 5. The molecule has 2 aromatic rings. The molecular formula is C21H27N7O3. The highest BCUT2D eigenvalue weighted by molar-refractivity contribution is 5.97. The Morgan fingerprint density at radius 2 is 1.87 bits per heavy atom. The molecule has 0 saturated heterocycles. The van der Waals surface area contributed by atoms with Crippen LogP contribution in [0.5, 0.6) is 0 Å². The van der Waals surface area contributed by atoms with E-state index in [9.17, 15) is 14.4 Å². The van der Waals surface area contributed by atoms with Crippen LogP contribution in [0, 0.1) is 6.92 Å². The highest BCUT2D eigenvalue weighted by atomic mass is 16.2. The molecule has 31 heavy (non-hydrogen) atoms. The highest BCUT2D eigenvalue weighted by Gasteiger charge is 2.45. The second kappa shape index (κ2) is 8.10. The van der Waals surface area contributed by atoms with Gasteiger partial charge >= 0.3 is 0 Å². The average molecular weight is 425 g/mol. The van der Waals surface area contributed by atoms with E-state index in [0.29, 0.717) is 23.0 Å². The molecule has 3 heterocycles. The standard InChI is InChI=1S/C21H27N7O3/c1-13-9-14(24-15-10-16(23-12-22-15)25-17(29)11-27(2)3)20(31)28-18(13)19(30)26-21(28)7-5-4-6-8-21/h9-10,12H,4-8,11H2,1-3H3,(H,26,30)(H2,22,23,24,25,29). The molecule has 0 atom stereocenters. The number of nitrogens with zero attached hydrogens (tertiary/aromatic N) is 4. The third-order valence-electron chi connectivity index (χ3n) is 5.72. The smallest absolute Gasteiger partial charge is 0.276 e. The Balaban J connectivity index is 1.65. The van der Waals surface area contributed by atoms with E-state index in [-0.39, 0.29) is 23.9 Å². The zero-order valence-electron chi connectivity index (χ0n) is 18.0. The molecule has 2 amide bonds. The molecule has 0 radical (unpaired) electrons. The van der Waals surface area contributed by atoms with Gasteiger partial charge in [-0.15, -0.1) is 0 Å². The van der Waals surface area contributed by atoms with Crippen molar-refractivity contribution in [2.45, 2.75) is 44.7 Å². The van der Waals surface area contributed by atoms with Crippen molar-refractivity contribution in [2.24, 2.45) is 0 Å². The van der Waals surface area contributed by atoms with Crippen molar-refractivity contribution in [3.05, 3.63) is 40.1 Å². The predicted molar refractivity (Wildman–Crippen MR) is 116 cm³/mol. The molecule has 1 aliphatic carbocycles. The van der Waals surface area contributed by atoms with Gasteiger partial charge in [0.25, 0.3) is 11.5 Å². The number of nitrogens with one attached hydrogen (secondary N) is 3. The van der Waals surface area contributed by atoms with Crippen LogP contribution in [0.2, 0.25) is 0 Å². The lowest BCUT2D eigenvalue weighted by molar-refractivity contribution is -0.116. The van der Waals surface area contributed by atoms with Gasteiger partial charge in [-0.3, -0.25) is 19.0 Å². The minimum absolute atomic E-state index is 0.198. The summed E-state index contributed by atoms with van der Waals surface area (Å²) < 4.78 is 1.63. The number of anilines is 3. The minimum atomic E-state index is -0.652. The van der Waals surface area contributed by atoms with Gasteiger partial charge in [-0.2, -0.15) is 0 Å². The molecule has 4 rings (SSSR count). The van der Waals surface area contributed by atoms with E-state index in [1.165, 1.54) is 6.33 Å². The number of likely N-dealkylation sites (N-methyl/N-ethyl adjacent to an activating group) is 1. The molecule has 1 saturated carbocycles. The van der Waals surface area contributed by atoms with Crippen molar-refractivity contribution in [3.8, 4) is 0 Å². The van der Waals surface area contributed by atoms with Crippen molar-refractivity contribution in [3.63, 3.8) is 0 Å². The van der Waals surface area contributed by atoms with Crippen molar-refractivity contribution < 1.29 is 9.59 Å². The predicted octanol–water partition coefficient (Wildman–Crippen LogP) is 1.55. The molecule has 2 aromatic heterocycles. The second-order valence-electron chi connectivity index (χ2n) is 8.48. The van der Waals surface area contributed by atoms with Crippen molar-refractivity contribution >= 4 is 29.1 Å². The molecule has 0 aromatic carbocycles. The van der Waals surface area contributed by atoms with Crippen LogP contribution in [0.1, 0.15) is 48.2 Å². The Labute approximate surface area is 180 Å². The number of fused-ring (bicyclic) bond motifs is 2. The maximum absolute atomic E-state index is 13.4. The van der Waals surface area contributed by atoms with Gasteiger partial charge in [0, 0.05) is 6.07 Å². The summed E-state index contributed by atoms with van der Waals surface area (Å²) in [6.45, 7) is 2.05. The van der Waals surface area contributed by atoms with E-state index >= 15 is 0 Å². The fourth-order valence-corrected chi connectivity index (χ4v) is 4.44. The number of hydrogen-bond donors (Lipinski definition) is 3. The van der Waals surface area contributed by atoms with E-state index in [1.54, 1.807) is 35.7 Å². The van der Waals surface area contributed by atoms with E-state index in [4.69, 9.17) is 0 Å². The Kier molecular flexibility index (Phi) is 5.48. The van der Waals surface area contributed by atoms with Gasteiger partial charge < -0.3 is 20.9 Å². The molecule has 164 valence electrons. The molecule has 2 aliphatic rings. The van der Waals surface area contributed by atoms with Crippen molar-refractivity contribution in [1.82, 2.24) is 24.8 Å². The molecule has 3 N–H and O–H groups in total. The lowest BCUT2D eigenvalue weighted by atomic mass is 9.89.